The monoisotopic (exact) mass is 502 g/mol. The van der Waals surface area contributed by atoms with Gasteiger partial charge in [0.2, 0.25) is 0 Å². The lowest BCUT2D eigenvalue weighted by molar-refractivity contribution is -0.140. The molecule has 0 aromatic heterocycles. The van der Waals surface area contributed by atoms with E-state index in [0.717, 1.165) is 17.3 Å². The first-order valence-corrected chi connectivity index (χ1v) is 14.1. The lowest BCUT2D eigenvalue weighted by Crippen LogP contribution is -2.43. The number of unbranched alkanes of at least 4 members (excludes halogenated alkanes) is 1. The first-order chi connectivity index (χ1) is 12.4. The Morgan fingerprint density at radius 2 is 1.89 bits per heavy atom. The van der Waals surface area contributed by atoms with Crippen LogP contribution in [0, 0.1) is 23.7 Å². The minimum absolute atomic E-state index is 0.0152. The highest BCUT2D eigenvalue weighted by atomic mass is 127. The van der Waals surface area contributed by atoms with E-state index in [2.05, 4.69) is 99.2 Å². The predicted molar refractivity (Wildman–Crippen MR) is 124 cm³/mol. The van der Waals surface area contributed by atoms with Crippen LogP contribution in [-0.2, 0) is 13.9 Å². The van der Waals surface area contributed by atoms with Crippen molar-refractivity contribution in [2.45, 2.75) is 96.6 Å². The van der Waals surface area contributed by atoms with Crippen molar-refractivity contribution in [3.8, 4) is 23.7 Å². The molecule has 0 radical (unpaired) electrons. The number of alkyl halides is 1. The van der Waals surface area contributed by atoms with Crippen LogP contribution in [0.15, 0.2) is 12.2 Å². The van der Waals surface area contributed by atoms with E-state index in [1.807, 2.05) is 13.8 Å². The molecule has 1 saturated heterocycles. The highest BCUT2D eigenvalue weighted by molar-refractivity contribution is 14.1. The van der Waals surface area contributed by atoms with E-state index in [4.69, 9.17) is 13.9 Å². The SMILES string of the molecule is CCC/C=C\[C@@H](C#CC#CC1OC(C)(C)O[C@H]1CI)O[Si](C)(C)C(C)(C)C. The maximum Gasteiger partial charge on any atom is 0.194 e. The van der Waals surface area contributed by atoms with Crippen molar-refractivity contribution in [3.05, 3.63) is 12.2 Å². The first-order valence-electron chi connectivity index (χ1n) is 9.69. The maximum atomic E-state index is 6.45. The molecule has 1 fully saturated rings. The van der Waals surface area contributed by atoms with Gasteiger partial charge in [-0.15, -0.1) is 0 Å². The van der Waals surface area contributed by atoms with Gasteiger partial charge in [-0.3, -0.25) is 0 Å². The molecule has 1 aliphatic heterocycles. The third-order valence-corrected chi connectivity index (χ3v) is 10.1. The number of halogens is 1. The van der Waals surface area contributed by atoms with E-state index in [9.17, 15) is 0 Å². The fraction of sp³-hybridized carbons (Fsp3) is 0.727. The zero-order chi connectivity index (χ0) is 20.7. The molecule has 0 bridgehead atoms. The van der Waals surface area contributed by atoms with Crippen molar-refractivity contribution in [1.29, 1.82) is 0 Å². The van der Waals surface area contributed by atoms with E-state index in [1.54, 1.807) is 0 Å². The molecule has 1 unspecified atom stereocenters. The lowest BCUT2D eigenvalue weighted by atomic mass is 10.2. The van der Waals surface area contributed by atoms with Crippen molar-refractivity contribution in [2.24, 2.45) is 0 Å². The van der Waals surface area contributed by atoms with Crippen LogP contribution < -0.4 is 0 Å². The molecule has 27 heavy (non-hydrogen) atoms. The maximum absolute atomic E-state index is 6.45. The second-order valence-corrected chi connectivity index (χ2v) is 14.4. The van der Waals surface area contributed by atoms with E-state index in [0.29, 0.717) is 0 Å². The highest BCUT2D eigenvalue weighted by Crippen LogP contribution is 2.37. The summed E-state index contributed by atoms with van der Waals surface area (Å²) < 4.78 is 19.0. The molecule has 0 spiro atoms. The zero-order valence-corrected chi connectivity index (χ0v) is 21.3. The summed E-state index contributed by atoms with van der Waals surface area (Å²) in [5.41, 5.74) is 0. The average molecular weight is 503 g/mol. The molecular weight excluding hydrogens is 467 g/mol. The number of hydrogen-bond donors (Lipinski definition) is 0. The van der Waals surface area contributed by atoms with Gasteiger partial charge in [-0.1, -0.05) is 74.6 Å². The van der Waals surface area contributed by atoms with Gasteiger partial charge in [-0.05, 0) is 56.3 Å². The largest absolute Gasteiger partial charge is 0.400 e. The van der Waals surface area contributed by atoms with Gasteiger partial charge in [0.1, 0.15) is 18.3 Å². The van der Waals surface area contributed by atoms with Crippen LogP contribution in [0.25, 0.3) is 0 Å². The summed E-state index contributed by atoms with van der Waals surface area (Å²) in [5.74, 6) is 11.7. The highest BCUT2D eigenvalue weighted by Gasteiger charge is 2.40. The lowest BCUT2D eigenvalue weighted by Gasteiger charge is -2.37. The Hall–Kier alpha value is -0.313. The van der Waals surface area contributed by atoms with E-state index in [1.165, 1.54) is 0 Å². The van der Waals surface area contributed by atoms with Crippen LogP contribution in [0.3, 0.4) is 0 Å². The van der Waals surface area contributed by atoms with Crippen LogP contribution in [0.4, 0.5) is 0 Å². The molecule has 5 heteroatoms. The summed E-state index contributed by atoms with van der Waals surface area (Å²) in [6.45, 7) is 17.2. The van der Waals surface area contributed by atoms with Crippen molar-refractivity contribution in [1.82, 2.24) is 0 Å². The van der Waals surface area contributed by atoms with E-state index >= 15 is 0 Å². The van der Waals surface area contributed by atoms with Crippen LogP contribution in [0.1, 0.15) is 54.4 Å². The Kier molecular flexibility index (Phi) is 9.58. The van der Waals surface area contributed by atoms with Gasteiger partial charge in [0.15, 0.2) is 14.1 Å². The predicted octanol–water partition coefficient (Wildman–Crippen LogP) is 5.70. The van der Waals surface area contributed by atoms with E-state index in [-0.39, 0.29) is 23.4 Å². The second-order valence-electron chi connectivity index (χ2n) is 8.80. The molecule has 0 aromatic rings. The summed E-state index contributed by atoms with van der Waals surface area (Å²) >= 11 is 2.30. The van der Waals surface area contributed by atoms with Gasteiger partial charge in [0.25, 0.3) is 0 Å². The summed E-state index contributed by atoms with van der Waals surface area (Å²) in [5, 5.41) is 0.144. The molecule has 0 amide bonds. The molecule has 152 valence electrons. The number of ether oxygens (including phenoxy) is 2. The van der Waals surface area contributed by atoms with Gasteiger partial charge in [0.05, 0.1) is 0 Å². The van der Waals surface area contributed by atoms with E-state index < -0.39 is 14.1 Å². The molecule has 1 aliphatic rings. The van der Waals surface area contributed by atoms with Gasteiger partial charge < -0.3 is 13.9 Å². The fourth-order valence-electron chi connectivity index (χ4n) is 2.28. The molecule has 1 rings (SSSR count). The Morgan fingerprint density at radius 3 is 2.44 bits per heavy atom. The summed E-state index contributed by atoms with van der Waals surface area (Å²) in [4.78, 5) is 0. The number of hydrogen-bond acceptors (Lipinski definition) is 3. The molecule has 3 nitrogen and oxygen atoms in total. The number of allylic oxidation sites excluding steroid dienone is 1. The quantitative estimate of drug-likeness (QED) is 0.154. The van der Waals surface area contributed by atoms with Crippen molar-refractivity contribution in [3.63, 3.8) is 0 Å². The van der Waals surface area contributed by atoms with Gasteiger partial charge >= 0.3 is 0 Å². The Balaban J connectivity index is 2.89. The molecule has 0 N–H and O–H groups in total. The second kappa shape index (κ2) is 10.5. The van der Waals surface area contributed by atoms with Crippen LogP contribution in [0.5, 0.6) is 0 Å². The standard InChI is InChI=1S/C22H35IO3Si/c1-9-10-11-14-18(26-27(7,8)21(2,3)4)15-12-13-16-19-20(17-23)25-22(5,6)24-19/h11,14,18-20H,9-10,17H2,1-8H3/b14-11-/t18-,19?,20-/m0/s1. The smallest absolute Gasteiger partial charge is 0.194 e. The Bertz CT molecular complexity index is 626. The molecule has 1 heterocycles. The summed E-state index contributed by atoms with van der Waals surface area (Å²) in [7, 11) is -1.90. The third-order valence-electron chi connectivity index (χ3n) is 4.82. The van der Waals surface area contributed by atoms with Crippen LogP contribution >= 0.6 is 22.6 Å². The van der Waals surface area contributed by atoms with Gasteiger partial charge in [-0.25, -0.2) is 0 Å². The van der Waals surface area contributed by atoms with Crippen LogP contribution in [0.2, 0.25) is 18.1 Å². The summed E-state index contributed by atoms with van der Waals surface area (Å²) in [6, 6.07) is 0. The topological polar surface area (TPSA) is 27.7 Å². The van der Waals surface area contributed by atoms with Crippen molar-refractivity contribution in [2.75, 3.05) is 4.43 Å². The number of rotatable bonds is 6. The first kappa shape index (κ1) is 24.7. The Labute approximate surface area is 181 Å². The molecule has 0 aromatic carbocycles. The third kappa shape index (κ3) is 8.29. The normalized spacial score (nSPS) is 23.4. The van der Waals surface area contributed by atoms with Crippen LogP contribution in [-0.4, -0.2) is 36.8 Å². The molecule has 3 atom stereocenters. The molecule has 0 saturated carbocycles. The molecule has 0 aliphatic carbocycles. The average Bonchev–Trinajstić information content (AvgIpc) is 2.84. The Morgan fingerprint density at radius 1 is 1.22 bits per heavy atom. The van der Waals surface area contributed by atoms with Gasteiger partial charge in [-0.2, -0.15) is 0 Å². The summed E-state index contributed by atoms with van der Waals surface area (Å²) in [6.07, 6.45) is 5.91. The van der Waals surface area contributed by atoms with Crippen molar-refractivity contribution < 1.29 is 13.9 Å². The zero-order valence-electron chi connectivity index (χ0n) is 18.1. The fourth-order valence-corrected chi connectivity index (χ4v) is 4.05. The minimum Gasteiger partial charge on any atom is -0.400 e. The molecular formula is C22H35IO3Si. The van der Waals surface area contributed by atoms with Gasteiger partial charge in [0, 0.05) is 4.43 Å². The minimum atomic E-state index is -1.90. The van der Waals surface area contributed by atoms with Crippen molar-refractivity contribution >= 4 is 30.9 Å².